The highest BCUT2D eigenvalue weighted by molar-refractivity contribution is 6.46. The van der Waals surface area contributed by atoms with E-state index in [-0.39, 0.29) is 17.9 Å². The third-order valence-corrected chi connectivity index (χ3v) is 7.53. The van der Waals surface area contributed by atoms with E-state index in [1.807, 2.05) is 35.9 Å². The summed E-state index contributed by atoms with van der Waals surface area (Å²) < 4.78 is 24.4. The van der Waals surface area contributed by atoms with Crippen molar-refractivity contribution in [2.75, 3.05) is 27.9 Å². The molecule has 1 unspecified atom stereocenters. The van der Waals surface area contributed by atoms with Gasteiger partial charge < -0.3 is 33.5 Å². The number of rotatable bonds is 12. The minimum Gasteiger partial charge on any atom is -0.507 e. The maximum atomic E-state index is 13.6. The van der Waals surface area contributed by atoms with Gasteiger partial charge in [0.05, 0.1) is 39.3 Å². The Morgan fingerprint density at radius 1 is 0.932 bits per heavy atom. The Hall–Kier alpha value is -5.25. The molecule has 1 aliphatic heterocycles. The normalized spacial score (nSPS) is 15.8. The van der Waals surface area contributed by atoms with Crippen LogP contribution in [0.3, 0.4) is 0 Å². The van der Waals surface area contributed by atoms with Gasteiger partial charge in [-0.25, -0.2) is 4.98 Å². The molecule has 10 heteroatoms. The number of carbonyl (C=O) groups excluding carboxylic acids is 2. The number of hydrogen-bond donors (Lipinski definition) is 1. The Morgan fingerprint density at radius 2 is 1.66 bits per heavy atom. The molecule has 4 aromatic rings. The van der Waals surface area contributed by atoms with Gasteiger partial charge in [0.2, 0.25) is 5.75 Å². The minimum atomic E-state index is -0.899. The van der Waals surface area contributed by atoms with Gasteiger partial charge in [-0.3, -0.25) is 9.59 Å². The summed E-state index contributed by atoms with van der Waals surface area (Å²) in [6, 6.07) is 17.3. The molecular formula is C34H35N3O7. The molecule has 0 aliphatic carbocycles. The zero-order chi connectivity index (χ0) is 31.2. The van der Waals surface area contributed by atoms with Gasteiger partial charge in [-0.2, -0.15) is 0 Å². The monoisotopic (exact) mass is 597 g/mol. The van der Waals surface area contributed by atoms with Crippen molar-refractivity contribution >= 4 is 17.4 Å². The van der Waals surface area contributed by atoms with Crippen LogP contribution in [-0.2, 0) is 22.7 Å². The molecule has 0 bridgehead atoms. The predicted octanol–water partition coefficient (Wildman–Crippen LogP) is 5.31. The van der Waals surface area contributed by atoms with Crippen LogP contribution in [0.15, 0.2) is 85.0 Å². The summed E-state index contributed by atoms with van der Waals surface area (Å²) in [6.07, 6.45) is 5.76. The van der Waals surface area contributed by atoms with Gasteiger partial charge in [-0.05, 0) is 60.9 Å². The molecule has 10 nitrogen and oxygen atoms in total. The first kappa shape index (κ1) is 30.2. The van der Waals surface area contributed by atoms with E-state index in [0.29, 0.717) is 53.7 Å². The average molecular weight is 598 g/mol. The van der Waals surface area contributed by atoms with Crippen molar-refractivity contribution in [3.05, 3.63) is 107 Å². The van der Waals surface area contributed by atoms with Crippen LogP contribution in [0.25, 0.3) is 5.76 Å². The van der Waals surface area contributed by atoms with E-state index >= 15 is 0 Å². The topological polar surface area (TPSA) is 112 Å². The molecule has 0 radical (unpaired) electrons. The second-order valence-corrected chi connectivity index (χ2v) is 10.4. The lowest BCUT2D eigenvalue weighted by atomic mass is 9.94. The molecule has 0 saturated carbocycles. The average Bonchev–Trinajstić information content (AvgIpc) is 3.65. The SMILES string of the molecule is COc1cc(C2C(=C(O)c3ccc(OCc4cccc(C)c4)cc3)C(=O)C(=O)N2CCCn2ccnc2)cc(OC)c1OC. The van der Waals surface area contributed by atoms with Gasteiger partial charge in [0.1, 0.15) is 18.1 Å². The van der Waals surface area contributed by atoms with Crippen molar-refractivity contribution in [2.24, 2.45) is 0 Å². The van der Waals surface area contributed by atoms with E-state index in [1.54, 1.807) is 48.9 Å². The van der Waals surface area contributed by atoms with Crippen molar-refractivity contribution in [1.82, 2.24) is 14.5 Å². The zero-order valence-electron chi connectivity index (χ0n) is 25.1. The molecule has 3 aromatic carbocycles. The van der Waals surface area contributed by atoms with Crippen LogP contribution in [0.5, 0.6) is 23.0 Å². The van der Waals surface area contributed by atoms with E-state index < -0.39 is 17.7 Å². The number of methoxy groups -OCH3 is 3. The lowest BCUT2D eigenvalue weighted by molar-refractivity contribution is -0.139. The molecule has 0 spiro atoms. The van der Waals surface area contributed by atoms with Crippen molar-refractivity contribution < 1.29 is 33.6 Å². The van der Waals surface area contributed by atoms with Crippen LogP contribution in [0, 0.1) is 6.92 Å². The minimum absolute atomic E-state index is 0.0275. The van der Waals surface area contributed by atoms with E-state index in [0.717, 1.165) is 11.1 Å². The van der Waals surface area contributed by atoms with Gasteiger partial charge in [-0.1, -0.05) is 29.8 Å². The number of amides is 1. The first-order chi connectivity index (χ1) is 21.3. The van der Waals surface area contributed by atoms with E-state index in [9.17, 15) is 14.7 Å². The van der Waals surface area contributed by atoms with E-state index in [1.165, 1.54) is 26.2 Å². The number of aryl methyl sites for hydroxylation is 2. The molecular weight excluding hydrogens is 562 g/mol. The fourth-order valence-electron chi connectivity index (χ4n) is 5.39. The molecule has 1 amide bonds. The molecule has 1 aromatic heterocycles. The molecule has 2 heterocycles. The molecule has 1 fully saturated rings. The second kappa shape index (κ2) is 13.4. The quantitative estimate of drug-likeness (QED) is 0.133. The summed E-state index contributed by atoms with van der Waals surface area (Å²) in [6.45, 7) is 3.26. The Kier molecular flexibility index (Phi) is 9.18. The summed E-state index contributed by atoms with van der Waals surface area (Å²) in [5.74, 6) is -0.0645. The molecule has 228 valence electrons. The number of nitrogens with zero attached hydrogens (tertiary/aromatic N) is 3. The number of hydrogen-bond acceptors (Lipinski definition) is 8. The fraction of sp³-hybridized carbons (Fsp3) is 0.265. The summed E-state index contributed by atoms with van der Waals surface area (Å²) in [7, 11) is 4.48. The number of benzene rings is 3. The van der Waals surface area contributed by atoms with Crippen LogP contribution in [0.1, 0.15) is 34.7 Å². The Morgan fingerprint density at radius 3 is 2.27 bits per heavy atom. The number of ether oxygens (including phenoxy) is 4. The molecule has 1 atom stereocenters. The van der Waals surface area contributed by atoms with Crippen molar-refractivity contribution in [3.8, 4) is 23.0 Å². The number of likely N-dealkylation sites (tertiary alicyclic amines) is 1. The second-order valence-electron chi connectivity index (χ2n) is 10.4. The number of ketones is 1. The van der Waals surface area contributed by atoms with Crippen molar-refractivity contribution in [1.29, 1.82) is 0 Å². The Bertz CT molecular complexity index is 1640. The maximum Gasteiger partial charge on any atom is 0.295 e. The highest BCUT2D eigenvalue weighted by Crippen LogP contribution is 2.45. The predicted molar refractivity (Wildman–Crippen MR) is 164 cm³/mol. The summed E-state index contributed by atoms with van der Waals surface area (Å²) in [5, 5.41) is 11.6. The van der Waals surface area contributed by atoms with Crippen molar-refractivity contribution in [2.45, 2.75) is 32.5 Å². The maximum absolute atomic E-state index is 13.6. The van der Waals surface area contributed by atoms with E-state index in [4.69, 9.17) is 18.9 Å². The number of carbonyl (C=O) groups is 2. The van der Waals surface area contributed by atoms with Gasteiger partial charge in [0.25, 0.3) is 11.7 Å². The van der Waals surface area contributed by atoms with Gasteiger partial charge in [-0.15, -0.1) is 0 Å². The van der Waals surface area contributed by atoms with Gasteiger partial charge in [0.15, 0.2) is 11.5 Å². The lowest BCUT2D eigenvalue weighted by Crippen LogP contribution is -2.31. The standard InChI is InChI=1S/C34H35N3O7/c1-22-7-5-8-23(17-22)20-44-26-11-9-24(10-12-26)31(38)29-30(25-18-27(41-2)33(43-4)28(19-25)42-3)37(34(40)32(29)39)15-6-14-36-16-13-35-21-36/h5,7-13,16-19,21,30,38H,6,14-15,20H2,1-4H3. The summed E-state index contributed by atoms with van der Waals surface area (Å²) >= 11 is 0. The highest BCUT2D eigenvalue weighted by atomic mass is 16.5. The molecule has 1 aliphatic rings. The van der Waals surface area contributed by atoms with Crippen LogP contribution >= 0.6 is 0 Å². The van der Waals surface area contributed by atoms with E-state index in [2.05, 4.69) is 11.1 Å². The number of aliphatic hydroxyl groups is 1. The highest BCUT2D eigenvalue weighted by Gasteiger charge is 2.46. The number of imidazole rings is 1. The van der Waals surface area contributed by atoms with Crippen LogP contribution in [0.2, 0.25) is 0 Å². The van der Waals surface area contributed by atoms with Crippen LogP contribution in [0.4, 0.5) is 0 Å². The summed E-state index contributed by atoms with van der Waals surface area (Å²) in [4.78, 5) is 32.6. The molecule has 44 heavy (non-hydrogen) atoms. The third kappa shape index (κ3) is 6.24. The summed E-state index contributed by atoms with van der Waals surface area (Å²) in [5.41, 5.74) is 3.06. The molecule has 1 N–H and O–H groups in total. The molecule has 5 rings (SSSR count). The van der Waals surface area contributed by atoms with Gasteiger partial charge in [0, 0.05) is 31.0 Å². The zero-order valence-corrected chi connectivity index (χ0v) is 25.1. The fourth-order valence-corrected chi connectivity index (χ4v) is 5.39. The Balaban J connectivity index is 1.50. The lowest BCUT2D eigenvalue weighted by Gasteiger charge is -2.26. The largest absolute Gasteiger partial charge is 0.507 e. The Labute approximate surface area is 256 Å². The smallest absolute Gasteiger partial charge is 0.295 e. The van der Waals surface area contributed by atoms with Crippen LogP contribution < -0.4 is 18.9 Å². The van der Waals surface area contributed by atoms with Crippen molar-refractivity contribution in [3.63, 3.8) is 0 Å². The number of aliphatic hydroxyl groups excluding tert-OH is 1. The number of Topliss-reactive ketones (excluding diaryl/α,β-unsaturated/α-hetero) is 1. The van der Waals surface area contributed by atoms with Gasteiger partial charge >= 0.3 is 0 Å². The first-order valence-corrected chi connectivity index (χ1v) is 14.2. The first-order valence-electron chi connectivity index (χ1n) is 14.2. The third-order valence-electron chi connectivity index (χ3n) is 7.53. The molecule has 1 saturated heterocycles. The number of aromatic nitrogens is 2. The van der Waals surface area contributed by atoms with Crippen LogP contribution in [-0.4, -0.2) is 59.1 Å².